The summed E-state index contributed by atoms with van der Waals surface area (Å²) in [7, 11) is 0. The Morgan fingerprint density at radius 3 is 2.71 bits per heavy atom. The lowest BCUT2D eigenvalue weighted by Crippen LogP contribution is -2.39. The molecular formula is C16H17BrF2O2. The van der Waals surface area contributed by atoms with Crippen LogP contribution in [-0.2, 0) is 4.74 Å². The lowest BCUT2D eigenvalue weighted by molar-refractivity contribution is -0.0866. The largest absolute Gasteiger partial charge is 0.375 e. The van der Waals surface area contributed by atoms with E-state index in [2.05, 4.69) is 15.9 Å². The molecule has 1 unspecified atom stereocenters. The van der Waals surface area contributed by atoms with E-state index >= 15 is 0 Å². The highest BCUT2D eigenvalue weighted by Crippen LogP contribution is 2.43. The Hall–Kier alpha value is -0.810. The minimum Gasteiger partial charge on any atom is -0.375 e. The molecule has 5 heteroatoms. The summed E-state index contributed by atoms with van der Waals surface area (Å²) in [6.45, 7) is 0.567. The van der Waals surface area contributed by atoms with Gasteiger partial charge in [0.05, 0.1) is 10.1 Å². The normalized spacial score (nSPS) is 24.4. The Bertz CT molecular complexity index is 568. The van der Waals surface area contributed by atoms with Crippen molar-refractivity contribution in [1.29, 1.82) is 0 Å². The van der Waals surface area contributed by atoms with E-state index in [1.54, 1.807) is 0 Å². The standard InChI is InChI=1S/C16H17BrF2O2/c17-13-11(3-4-12(18)14(13)19)15(20)10-5-8-21-16(9-10)6-1-2-7-16/h3-4,10H,1-2,5-9H2. The van der Waals surface area contributed by atoms with E-state index in [1.165, 1.54) is 6.07 Å². The molecule has 1 aromatic rings. The Kier molecular flexibility index (Phi) is 4.14. The van der Waals surface area contributed by atoms with Crippen molar-refractivity contribution in [2.24, 2.45) is 5.92 Å². The molecule has 1 aliphatic carbocycles. The first-order valence-electron chi connectivity index (χ1n) is 7.34. The fraction of sp³-hybridized carbons (Fsp3) is 0.562. The van der Waals surface area contributed by atoms with E-state index in [1.807, 2.05) is 0 Å². The van der Waals surface area contributed by atoms with Gasteiger partial charge < -0.3 is 4.74 Å². The van der Waals surface area contributed by atoms with Crippen LogP contribution in [0.2, 0.25) is 0 Å². The first-order valence-corrected chi connectivity index (χ1v) is 8.13. The molecule has 114 valence electrons. The van der Waals surface area contributed by atoms with Gasteiger partial charge in [0.15, 0.2) is 17.4 Å². The van der Waals surface area contributed by atoms with Crippen molar-refractivity contribution in [1.82, 2.24) is 0 Å². The molecule has 0 amide bonds. The van der Waals surface area contributed by atoms with Gasteiger partial charge in [0.2, 0.25) is 0 Å². The fourth-order valence-corrected chi connectivity index (χ4v) is 4.07. The SMILES string of the molecule is O=C(c1ccc(F)c(F)c1Br)C1CCOC2(CCCC2)C1. The van der Waals surface area contributed by atoms with Crippen molar-refractivity contribution in [2.45, 2.75) is 44.1 Å². The highest BCUT2D eigenvalue weighted by Gasteiger charge is 2.42. The van der Waals surface area contributed by atoms with Crippen molar-refractivity contribution in [2.75, 3.05) is 6.61 Å². The van der Waals surface area contributed by atoms with E-state index in [0.717, 1.165) is 31.7 Å². The van der Waals surface area contributed by atoms with Crippen LogP contribution < -0.4 is 0 Å². The Labute approximate surface area is 131 Å². The van der Waals surface area contributed by atoms with Crippen molar-refractivity contribution >= 4 is 21.7 Å². The predicted molar refractivity (Wildman–Crippen MR) is 78.3 cm³/mol. The van der Waals surface area contributed by atoms with E-state index in [9.17, 15) is 13.6 Å². The van der Waals surface area contributed by atoms with Crippen molar-refractivity contribution < 1.29 is 18.3 Å². The topological polar surface area (TPSA) is 26.3 Å². The minimum absolute atomic E-state index is 0.0699. The highest BCUT2D eigenvalue weighted by atomic mass is 79.9. The minimum atomic E-state index is -0.997. The third kappa shape index (κ3) is 2.78. The summed E-state index contributed by atoms with van der Waals surface area (Å²) in [5.74, 6) is -2.23. The molecule has 21 heavy (non-hydrogen) atoms. The Morgan fingerprint density at radius 1 is 1.29 bits per heavy atom. The number of halogens is 3. The molecule has 1 atom stereocenters. The van der Waals surface area contributed by atoms with Crippen LogP contribution in [-0.4, -0.2) is 18.0 Å². The Balaban J connectivity index is 1.83. The number of benzene rings is 1. The third-order valence-electron chi connectivity index (χ3n) is 4.68. The molecular weight excluding hydrogens is 342 g/mol. The van der Waals surface area contributed by atoms with E-state index < -0.39 is 11.6 Å². The second-order valence-electron chi connectivity index (χ2n) is 6.02. The monoisotopic (exact) mass is 358 g/mol. The number of carbonyl (C=O) groups is 1. The molecule has 2 aliphatic rings. The van der Waals surface area contributed by atoms with Crippen molar-refractivity contribution in [3.05, 3.63) is 33.8 Å². The summed E-state index contributed by atoms with van der Waals surface area (Å²) in [4.78, 5) is 12.6. The van der Waals surface area contributed by atoms with Gasteiger partial charge in [-0.05, 0) is 53.7 Å². The van der Waals surface area contributed by atoms with Crippen LogP contribution in [0.5, 0.6) is 0 Å². The van der Waals surface area contributed by atoms with Gasteiger partial charge in [-0.25, -0.2) is 8.78 Å². The van der Waals surface area contributed by atoms with Crippen molar-refractivity contribution in [3.63, 3.8) is 0 Å². The summed E-state index contributed by atoms with van der Waals surface area (Å²) in [5, 5.41) is 0. The number of carbonyl (C=O) groups excluding carboxylic acids is 1. The smallest absolute Gasteiger partial charge is 0.173 e. The first kappa shape index (κ1) is 15.1. The molecule has 1 heterocycles. The number of ether oxygens (including phenoxy) is 1. The molecule has 2 nitrogen and oxygen atoms in total. The second-order valence-corrected chi connectivity index (χ2v) is 6.81. The zero-order valence-corrected chi connectivity index (χ0v) is 13.2. The lowest BCUT2D eigenvalue weighted by Gasteiger charge is -2.37. The molecule has 1 saturated carbocycles. The number of hydrogen-bond donors (Lipinski definition) is 0. The van der Waals surface area contributed by atoms with Gasteiger partial charge in [0.1, 0.15) is 0 Å². The van der Waals surface area contributed by atoms with Crippen LogP contribution in [0, 0.1) is 17.6 Å². The van der Waals surface area contributed by atoms with E-state index in [0.29, 0.717) is 19.4 Å². The van der Waals surface area contributed by atoms with Crippen LogP contribution in [0.25, 0.3) is 0 Å². The van der Waals surface area contributed by atoms with Crippen LogP contribution in [0.15, 0.2) is 16.6 Å². The van der Waals surface area contributed by atoms with E-state index in [-0.39, 0.29) is 27.3 Å². The van der Waals surface area contributed by atoms with Crippen LogP contribution in [0.3, 0.4) is 0 Å². The maximum Gasteiger partial charge on any atom is 0.173 e. The molecule has 2 fully saturated rings. The molecule has 3 rings (SSSR count). The van der Waals surface area contributed by atoms with Gasteiger partial charge in [-0.2, -0.15) is 0 Å². The van der Waals surface area contributed by atoms with Crippen LogP contribution >= 0.6 is 15.9 Å². The van der Waals surface area contributed by atoms with Gasteiger partial charge in [-0.1, -0.05) is 12.8 Å². The molecule has 0 radical (unpaired) electrons. The van der Waals surface area contributed by atoms with Gasteiger partial charge in [0, 0.05) is 18.1 Å². The second kappa shape index (κ2) is 5.76. The van der Waals surface area contributed by atoms with E-state index in [4.69, 9.17) is 4.74 Å². The van der Waals surface area contributed by atoms with Gasteiger partial charge in [-0.15, -0.1) is 0 Å². The predicted octanol–water partition coefficient (Wildman–Crippen LogP) is 4.65. The van der Waals surface area contributed by atoms with Crippen LogP contribution in [0.4, 0.5) is 8.78 Å². The zero-order chi connectivity index (χ0) is 15.0. The summed E-state index contributed by atoms with van der Waals surface area (Å²) < 4.78 is 32.6. The molecule has 0 bridgehead atoms. The maximum absolute atomic E-state index is 13.6. The lowest BCUT2D eigenvalue weighted by atomic mass is 9.80. The first-order chi connectivity index (χ1) is 10.0. The molecule has 1 aromatic carbocycles. The molecule has 1 saturated heterocycles. The maximum atomic E-state index is 13.6. The highest BCUT2D eigenvalue weighted by molar-refractivity contribution is 9.10. The fourth-order valence-electron chi connectivity index (χ4n) is 3.56. The molecule has 0 aromatic heterocycles. The quantitative estimate of drug-likeness (QED) is 0.568. The van der Waals surface area contributed by atoms with Gasteiger partial charge in [-0.3, -0.25) is 4.79 Å². The van der Waals surface area contributed by atoms with Gasteiger partial charge >= 0.3 is 0 Å². The Morgan fingerprint density at radius 2 is 2.00 bits per heavy atom. The number of hydrogen-bond acceptors (Lipinski definition) is 2. The number of Topliss-reactive ketones (excluding diaryl/α,β-unsaturated/α-hetero) is 1. The third-order valence-corrected chi connectivity index (χ3v) is 5.45. The van der Waals surface area contributed by atoms with Crippen LogP contribution in [0.1, 0.15) is 48.9 Å². The summed E-state index contributed by atoms with van der Waals surface area (Å²) in [6.07, 6.45) is 5.60. The number of rotatable bonds is 2. The number of ketones is 1. The molecule has 1 aliphatic heterocycles. The summed E-state index contributed by atoms with van der Waals surface area (Å²) in [6, 6.07) is 2.37. The average molecular weight is 359 g/mol. The summed E-state index contributed by atoms with van der Waals surface area (Å²) in [5.41, 5.74) is 0.0674. The average Bonchev–Trinajstić information content (AvgIpc) is 2.92. The molecule has 0 N–H and O–H groups in total. The molecule has 1 spiro atoms. The van der Waals surface area contributed by atoms with Gasteiger partial charge in [0.25, 0.3) is 0 Å². The summed E-state index contributed by atoms with van der Waals surface area (Å²) >= 11 is 3.01. The zero-order valence-electron chi connectivity index (χ0n) is 11.6. The van der Waals surface area contributed by atoms with Crippen molar-refractivity contribution in [3.8, 4) is 0 Å².